The van der Waals surface area contributed by atoms with Gasteiger partial charge < -0.3 is 19.1 Å². The van der Waals surface area contributed by atoms with E-state index in [4.69, 9.17) is 14.2 Å². The van der Waals surface area contributed by atoms with Crippen LogP contribution >= 0.6 is 0 Å². The number of carbonyl (C=O) groups excluding carboxylic acids is 1. The number of benzene rings is 2. The molecule has 2 heterocycles. The predicted molar refractivity (Wildman–Crippen MR) is 122 cm³/mol. The van der Waals surface area contributed by atoms with Gasteiger partial charge in [-0.1, -0.05) is 12.1 Å². The summed E-state index contributed by atoms with van der Waals surface area (Å²) in [6, 6.07) is 13.9. The normalized spacial score (nSPS) is 13.2. The van der Waals surface area contributed by atoms with Crippen molar-refractivity contribution in [3.8, 4) is 28.4 Å². The van der Waals surface area contributed by atoms with Crippen LogP contribution in [0.25, 0.3) is 11.1 Å². The Morgan fingerprint density at radius 3 is 2.66 bits per heavy atom. The predicted octanol–water partition coefficient (Wildman–Crippen LogP) is 4.00. The topological polar surface area (TPSA) is 65.8 Å². The standard InChI is InChI=1S/C25H29N3O4/c1-17-12-18(2)28(26-17)9-8-24(29)27-10-11-32-25-21(16-27)13-20(15-23(25)31-4)19-6-5-7-22(14-19)30-3/h5-7,12-15H,8-11,16H2,1-4H3. The lowest BCUT2D eigenvalue weighted by Gasteiger charge is -2.20. The van der Waals surface area contributed by atoms with E-state index in [1.807, 2.05) is 59.8 Å². The minimum atomic E-state index is 0.0831. The van der Waals surface area contributed by atoms with E-state index >= 15 is 0 Å². The number of nitrogens with zero attached hydrogens (tertiary/aromatic N) is 3. The number of carbonyl (C=O) groups is 1. The Bertz CT molecular complexity index is 1120. The molecule has 1 aliphatic heterocycles. The molecule has 32 heavy (non-hydrogen) atoms. The second-order valence-corrected chi connectivity index (χ2v) is 7.96. The molecule has 0 atom stereocenters. The number of methoxy groups -OCH3 is 2. The van der Waals surface area contributed by atoms with Crippen LogP contribution in [0.4, 0.5) is 0 Å². The molecule has 3 aromatic rings. The van der Waals surface area contributed by atoms with Gasteiger partial charge in [0, 0.05) is 30.8 Å². The molecular weight excluding hydrogens is 406 g/mol. The molecule has 4 rings (SSSR count). The Kier molecular flexibility index (Phi) is 6.35. The van der Waals surface area contributed by atoms with Crippen LogP contribution in [0.5, 0.6) is 17.2 Å². The second kappa shape index (κ2) is 9.34. The fourth-order valence-electron chi connectivity index (χ4n) is 4.08. The first-order valence-electron chi connectivity index (χ1n) is 10.8. The van der Waals surface area contributed by atoms with Crippen LogP contribution in [-0.2, 0) is 17.9 Å². The van der Waals surface area contributed by atoms with Gasteiger partial charge in [-0.05, 0) is 55.3 Å². The summed E-state index contributed by atoms with van der Waals surface area (Å²) in [5.74, 6) is 2.23. The van der Waals surface area contributed by atoms with E-state index in [2.05, 4.69) is 11.2 Å². The van der Waals surface area contributed by atoms with Crippen LogP contribution in [-0.4, -0.2) is 48.0 Å². The molecule has 2 aromatic carbocycles. The molecule has 0 bridgehead atoms. The van der Waals surface area contributed by atoms with Crippen molar-refractivity contribution in [2.45, 2.75) is 33.4 Å². The first-order valence-corrected chi connectivity index (χ1v) is 10.8. The highest BCUT2D eigenvalue weighted by atomic mass is 16.5. The molecule has 168 valence electrons. The SMILES string of the molecule is COc1cccc(-c2cc3c(c(OC)c2)OCCN(C(=O)CCn2nc(C)cc2C)C3)c1. The number of rotatable bonds is 6. The molecular formula is C25H29N3O4. The third kappa shape index (κ3) is 4.56. The van der Waals surface area contributed by atoms with Crippen LogP contribution in [0.2, 0.25) is 0 Å². The molecule has 1 aromatic heterocycles. The third-order valence-electron chi connectivity index (χ3n) is 5.72. The molecule has 0 saturated heterocycles. The number of hydrogen-bond donors (Lipinski definition) is 0. The molecule has 7 heteroatoms. The summed E-state index contributed by atoms with van der Waals surface area (Å²) < 4.78 is 18.9. The minimum absolute atomic E-state index is 0.0831. The van der Waals surface area contributed by atoms with Crippen molar-refractivity contribution in [3.05, 3.63) is 59.4 Å². The molecule has 0 fully saturated rings. The fraction of sp³-hybridized carbons (Fsp3) is 0.360. The lowest BCUT2D eigenvalue weighted by molar-refractivity contribution is -0.132. The summed E-state index contributed by atoms with van der Waals surface area (Å²) in [5, 5.41) is 4.46. The van der Waals surface area contributed by atoms with E-state index < -0.39 is 0 Å². The number of amides is 1. The molecule has 0 saturated carbocycles. The minimum Gasteiger partial charge on any atom is -0.497 e. The summed E-state index contributed by atoms with van der Waals surface area (Å²) in [5.41, 5.74) is 4.95. The van der Waals surface area contributed by atoms with E-state index in [-0.39, 0.29) is 5.91 Å². The molecule has 0 radical (unpaired) electrons. The van der Waals surface area contributed by atoms with Gasteiger partial charge in [-0.15, -0.1) is 0 Å². The van der Waals surface area contributed by atoms with E-state index in [9.17, 15) is 4.79 Å². The molecule has 7 nitrogen and oxygen atoms in total. The van der Waals surface area contributed by atoms with Crippen LogP contribution in [0, 0.1) is 13.8 Å². The van der Waals surface area contributed by atoms with Gasteiger partial charge in [0.1, 0.15) is 12.4 Å². The summed E-state index contributed by atoms with van der Waals surface area (Å²) in [4.78, 5) is 14.9. The summed E-state index contributed by atoms with van der Waals surface area (Å²) in [7, 11) is 3.29. The average Bonchev–Trinajstić information content (AvgIpc) is 2.99. The first kappa shape index (κ1) is 21.7. The van der Waals surface area contributed by atoms with Crippen molar-refractivity contribution >= 4 is 5.91 Å². The summed E-state index contributed by atoms with van der Waals surface area (Å²) in [6.07, 6.45) is 0.393. The highest BCUT2D eigenvalue weighted by Crippen LogP contribution is 2.39. The van der Waals surface area contributed by atoms with Crippen molar-refractivity contribution in [2.75, 3.05) is 27.4 Å². The quantitative estimate of drug-likeness (QED) is 0.586. The van der Waals surface area contributed by atoms with Crippen molar-refractivity contribution in [3.63, 3.8) is 0 Å². The Morgan fingerprint density at radius 1 is 1.09 bits per heavy atom. The van der Waals surface area contributed by atoms with Gasteiger partial charge in [-0.2, -0.15) is 5.10 Å². The fourth-order valence-corrected chi connectivity index (χ4v) is 4.08. The second-order valence-electron chi connectivity index (χ2n) is 7.96. The maximum absolute atomic E-state index is 13.0. The van der Waals surface area contributed by atoms with Crippen LogP contribution in [0.3, 0.4) is 0 Å². The van der Waals surface area contributed by atoms with E-state index in [1.165, 1.54) is 0 Å². The monoisotopic (exact) mass is 435 g/mol. The highest BCUT2D eigenvalue weighted by Gasteiger charge is 2.23. The lowest BCUT2D eigenvalue weighted by atomic mass is 10.0. The van der Waals surface area contributed by atoms with Crippen LogP contribution < -0.4 is 14.2 Å². The molecule has 0 spiro atoms. The van der Waals surface area contributed by atoms with Gasteiger partial charge in [0.15, 0.2) is 11.5 Å². The van der Waals surface area contributed by atoms with Gasteiger partial charge >= 0.3 is 0 Å². The van der Waals surface area contributed by atoms with Gasteiger partial charge in [0.05, 0.1) is 26.5 Å². The molecule has 1 aliphatic rings. The Morgan fingerprint density at radius 2 is 1.94 bits per heavy atom. The lowest BCUT2D eigenvalue weighted by Crippen LogP contribution is -2.33. The Balaban J connectivity index is 1.57. The number of ether oxygens (including phenoxy) is 3. The number of aromatic nitrogens is 2. The zero-order valence-corrected chi connectivity index (χ0v) is 19.1. The maximum Gasteiger partial charge on any atom is 0.224 e. The van der Waals surface area contributed by atoms with Crippen molar-refractivity contribution in [2.24, 2.45) is 0 Å². The van der Waals surface area contributed by atoms with Gasteiger partial charge in [0.2, 0.25) is 5.91 Å². The number of fused-ring (bicyclic) bond motifs is 1. The van der Waals surface area contributed by atoms with Gasteiger partial charge in [0.25, 0.3) is 0 Å². The largest absolute Gasteiger partial charge is 0.497 e. The number of aryl methyl sites for hydroxylation is 3. The third-order valence-corrected chi connectivity index (χ3v) is 5.72. The van der Waals surface area contributed by atoms with Crippen molar-refractivity contribution in [1.29, 1.82) is 0 Å². The maximum atomic E-state index is 13.0. The smallest absolute Gasteiger partial charge is 0.224 e. The van der Waals surface area contributed by atoms with Crippen molar-refractivity contribution in [1.82, 2.24) is 14.7 Å². The van der Waals surface area contributed by atoms with Gasteiger partial charge in [-0.25, -0.2) is 0 Å². The Hall–Kier alpha value is -3.48. The summed E-state index contributed by atoms with van der Waals surface area (Å²) in [6.45, 7) is 5.96. The van der Waals surface area contributed by atoms with E-state index in [0.29, 0.717) is 44.2 Å². The molecule has 0 aliphatic carbocycles. The van der Waals surface area contributed by atoms with Crippen LogP contribution in [0.1, 0.15) is 23.4 Å². The Labute approximate surface area is 188 Å². The van der Waals surface area contributed by atoms with E-state index in [0.717, 1.165) is 33.8 Å². The molecule has 0 unspecified atom stereocenters. The van der Waals surface area contributed by atoms with Gasteiger partial charge in [-0.3, -0.25) is 9.48 Å². The van der Waals surface area contributed by atoms with Crippen molar-refractivity contribution < 1.29 is 19.0 Å². The number of hydrogen-bond acceptors (Lipinski definition) is 5. The first-order chi connectivity index (χ1) is 15.5. The van der Waals surface area contributed by atoms with Crippen LogP contribution in [0.15, 0.2) is 42.5 Å². The van der Waals surface area contributed by atoms with E-state index in [1.54, 1.807) is 14.2 Å². The average molecular weight is 436 g/mol. The molecule has 0 N–H and O–H groups in total. The zero-order chi connectivity index (χ0) is 22.7. The molecule has 1 amide bonds. The summed E-state index contributed by atoms with van der Waals surface area (Å²) >= 11 is 0. The zero-order valence-electron chi connectivity index (χ0n) is 19.1. The highest BCUT2D eigenvalue weighted by molar-refractivity contribution is 5.77.